The molecule has 1 unspecified atom stereocenters. The van der Waals surface area contributed by atoms with E-state index in [2.05, 4.69) is 27.7 Å². The van der Waals surface area contributed by atoms with Gasteiger partial charge in [0, 0.05) is 0 Å². The highest BCUT2D eigenvalue weighted by atomic mass is 31.1. The summed E-state index contributed by atoms with van der Waals surface area (Å²) in [5.41, 5.74) is 1.15. The Morgan fingerprint density at radius 2 is 1.59 bits per heavy atom. The Labute approximate surface area is 163 Å². The number of carbonyl (C=O) groups excluding carboxylic acids is 1. The summed E-state index contributed by atoms with van der Waals surface area (Å²) in [7, 11) is -3.13. The SMILES string of the molecule is CCOC(=O)C(CCC(C)(C)c1ccc(O)cc1)C(CC)CC.O=[PH](O)O. The van der Waals surface area contributed by atoms with Gasteiger partial charge < -0.3 is 19.6 Å². The van der Waals surface area contributed by atoms with Gasteiger partial charge in [-0.15, -0.1) is 0 Å². The summed E-state index contributed by atoms with van der Waals surface area (Å²) in [5, 5.41) is 9.45. The molecule has 7 heteroatoms. The standard InChI is InChI=1S/C20H32O3.H3O3P/c1-6-15(7-2)18(19(22)23-8-3)13-14-20(4,5)16-9-11-17(21)12-10-16;1-4(2)3/h9-12,15,18,21H,6-8,13-14H2,1-5H3;4H,(H2,1,2,3). The zero-order valence-corrected chi connectivity index (χ0v) is 18.1. The van der Waals surface area contributed by atoms with Gasteiger partial charge in [0.25, 0.3) is 0 Å². The second-order valence-electron chi connectivity index (χ2n) is 7.19. The van der Waals surface area contributed by atoms with Crippen LogP contribution in [0.3, 0.4) is 0 Å². The third-order valence-electron chi connectivity index (χ3n) is 4.94. The minimum Gasteiger partial charge on any atom is -0.508 e. The molecule has 0 aromatic heterocycles. The molecule has 0 spiro atoms. The summed E-state index contributed by atoms with van der Waals surface area (Å²) < 4.78 is 14.0. The number of esters is 1. The Balaban J connectivity index is 0.00000153. The molecule has 0 fully saturated rings. The monoisotopic (exact) mass is 402 g/mol. The first kappa shape index (κ1) is 25.6. The molecular weight excluding hydrogens is 367 g/mol. The van der Waals surface area contributed by atoms with Crippen LogP contribution in [0.4, 0.5) is 0 Å². The van der Waals surface area contributed by atoms with E-state index in [4.69, 9.17) is 19.1 Å². The molecule has 1 aromatic rings. The van der Waals surface area contributed by atoms with Crippen LogP contribution in [-0.2, 0) is 19.5 Å². The molecule has 1 rings (SSSR count). The predicted molar refractivity (Wildman–Crippen MR) is 108 cm³/mol. The van der Waals surface area contributed by atoms with Crippen LogP contribution >= 0.6 is 8.25 Å². The van der Waals surface area contributed by atoms with E-state index in [0.717, 1.165) is 25.7 Å². The van der Waals surface area contributed by atoms with Gasteiger partial charge in [0.05, 0.1) is 12.5 Å². The molecule has 0 aliphatic rings. The smallest absolute Gasteiger partial charge is 0.314 e. The van der Waals surface area contributed by atoms with Crippen LogP contribution in [0.25, 0.3) is 0 Å². The lowest BCUT2D eigenvalue weighted by atomic mass is 9.75. The van der Waals surface area contributed by atoms with Crippen molar-refractivity contribution in [3.05, 3.63) is 29.8 Å². The van der Waals surface area contributed by atoms with Gasteiger partial charge in [-0.25, -0.2) is 0 Å². The molecule has 27 heavy (non-hydrogen) atoms. The van der Waals surface area contributed by atoms with Crippen molar-refractivity contribution in [2.75, 3.05) is 6.61 Å². The Bertz CT molecular complexity index is 562. The van der Waals surface area contributed by atoms with E-state index >= 15 is 0 Å². The van der Waals surface area contributed by atoms with Gasteiger partial charge in [-0.3, -0.25) is 9.36 Å². The highest BCUT2D eigenvalue weighted by Gasteiger charge is 2.30. The topological polar surface area (TPSA) is 104 Å². The maximum Gasteiger partial charge on any atom is 0.314 e. The third kappa shape index (κ3) is 9.94. The average molecular weight is 402 g/mol. The minimum absolute atomic E-state index is 0.0265. The Hall–Kier alpha value is -1.36. The van der Waals surface area contributed by atoms with E-state index in [0.29, 0.717) is 12.5 Å². The van der Waals surface area contributed by atoms with E-state index in [1.165, 1.54) is 5.56 Å². The Morgan fingerprint density at radius 1 is 1.11 bits per heavy atom. The van der Waals surface area contributed by atoms with Crippen LogP contribution in [0.1, 0.15) is 65.9 Å². The maximum atomic E-state index is 12.3. The number of hydrogen-bond donors (Lipinski definition) is 3. The highest BCUT2D eigenvalue weighted by Crippen LogP contribution is 2.34. The molecule has 0 bridgehead atoms. The molecule has 156 valence electrons. The Kier molecular flexibility index (Phi) is 12.3. The first-order chi connectivity index (χ1) is 12.6. The summed E-state index contributed by atoms with van der Waals surface area (Å²) >= 11 is 0. The van der Waals surface area contributed by atoms with Crippen LogP contribution in [-0.4, -0.2) is 27.5 Å². The van der Waals surface area contributed by atoms with E-state index < -0.39 is 8.25 Å². The predicted octanol–water partition coefficient (Wildman–Crippen LogP) is 4.43. The summed E-state index contributed by atoms with van der Waals surface area (Å²) in [4.78, 5) is 26.7. The second kappa shape index (κ2) is 12.9. The summed E-state index contributed by atoms with van der Waals surface area (Å²) in [6.45, 7) is 11.0. The normalized spacial score (nSPS) is 12.5. The van der Waals surface area contributed by atoms with Gasteiger partial charge in [0.2, 0.25) is 0 Å². The van der Waals surface area contributed by atoms with Crippen LogP contribution in [0.2, 0.25) is 0 Å². The number of aromatic hydroxyl groups is 1. The van der Waals surface area contributed by atoms with Crippen LogP contribution in [0, 0.1) is 11.8 Å². The lowest BCUT2D eigenvalue weighted by molar-refractivity contribution is -0.150. The van der Waals surface area contributed by atoms with E-state index in [9.17, 15) is 9.90 Å². The van der Waals surface area contributed by atoms with Crippen molar-refractivity contribution in [1.29, 1.82) is 0 Å². The fourth-order valence-corrected chi connectivity index (χ4v) is 3.23. The average Bonchev–Trinajstić information content (AvgIpc) is 2.58. The van der Waals surface area contributed by atoms with Crippen molar-refractivity contribution in [2.24, 2.45) is 11.8 Å². The van der Waals surface area contributed by atoms with Crippen molar-refractivity contribution in [1.82, 2.24) is 0 Å². The zero-order valence-electron chi connectivity index (χ0n) is 17.1. The van der Waals surface area contributed by atoms with Gasteiger partial charge in [0.1, 0.15) is 5.75 Å². The van der Waals surface area contributed by atoms with E-state index in [1.54, 1.807) is 12.1 Å². The molecule has 3 N–H and O–H groups in total. The number of hydrogen-bond acceptors (Lipinski definition) is 4. The molecule has 0 saturated carbocycles. The van der Waals surface area contributed by atoms with Crippen molar-refractivity contribution < 1.29 is 29.0 Å². The van der Waals surface area contributed by atoms with Gasteiger partial charge >= 0.3 is 14.2 Å². The molecule has 1 atom stereocenters. The van der Waals surface area contributed by atoms with Crippen LogP contribution < -0.4 is 0 Å². The maximum absolute atomic E-state index is 12.3. The van der Waals surface area contributed by atoms with Gasteiger partial charge in [-0.05, 0) is 48.8 Å². The first-order valence-corrected chi connectivity index (χ1v) is 10.8. The fraction of sp³-hybridized carbons (Fsp3) is 0.650. The number of rotatable bonds is 9. The number of phenols is 1. The van der Waals surface area contributed by atoms with Gasteiger partial charge in [-0.1, -0.05) is 52.7 Å². The third-order valence-corrected chi connectivity index (χ3v) is 4.94. The molecule has 6 nitrogen and oxygen atoms in total. The van der Waals surface area contributed by atoms with Crippen molar-refractivity contribution in [2.45, 2.75) is 65.7 Å². The number of benzene rings is 1. The minimum atomic E-state index is -3.13. The summed E-state index contributed by atoms with van der Waals surface area (Å²) in [6, 6.07) is 7.37. The van der Waals surface area contributed by atoms with Gasteiger partial charge in [-0.2, -0.15) is 0 Å². The molecule has 0 radical (unpaired) electrons. The van der Waals surface area contributed by atoms with Crippen LogP contribution in [0.15, 0.2) is 24.3 Å². The molecular formula is C20H35O6P. The van der Waals surface area contributed by atoms with Crippen molar-refractivity contribution in [3.63, 3.8) is 0 Å². The molecule has 0 amide bonds. The lowest BCUT2D eigenvalue weighted by Gasteiger charge is -2.30. The Morgan fingerprint density at radius 3 is 2.00 bits per heavy atom. The zero-order chi connectivity index (χ0) is 21.0. The fourth-order valence-electron chi connectivity index (χ4n) is 3.23. The molecule has 0 aliphatic heterocycles. The second-order valence-corrected chi connectivity index (χ2v) is 7.75. The van der Waals surface area contributed by atoms with E-state index in [1.807, 2.05) is 19.1 Å². The first-order valence-electron chi connectivity index (χ1n) is 9.46. The highest BCUT2D eigenvalue weighted by molar-refractivity contribution is 7.30. The number of phenolic OH excluding ortho intramolecular Hbond substituents is 1. The van der Waals surface area contributed by atoms with Crippen LogP contribution in [0.5, 0.6) is 5.75 Å². The summed E-state index contributed by atoms with van der Waals surface area (Å²) in [6.07, 6.45) is 3.75. The molecule has 0 aliphatic carbocycles. The van der Waals surface area contributed by atoms with Gasteiger partial charge in [0.15, 0.2) is 0 Å². The molecule has 0 saturated heterocycles. The number of ether oxygens (including phenoxy) is 1. The van der Waals surface area contributed by atoms with Crippen molar-refractivity contribution >= 4 is 14.2 Å². The lowest BCUT2D eigenvalue weighted by Crippen LogP contribution is -2.28. The number of carbonyl (C=O) groups is 1. The molecule has 0 heterocycles. The largest absolute Gasteiger partial charge is 0.508 e. The quantitative estimate of drug-likeness (QED) is 0.417. The summed E-state index contributed by atoms with van der Waals surface area (Å²) in [5.74, 6) is 0.583. The van der Waals surface area contributed by atoms with E-state index in [-0.39, 0.29) is 23.1 Å². The van der Waals surface area contributed by atoms with Crippen molar-refractivity contribution in [3.8, 4) is 5.75 Å². The molecule has 1 aromatic carbocycles.